The Morgan fingerprint density at radius 2 is 2.00 bits per heavy atom. The number of nitrogens with one attached hydrogen (secondary N) is 1. The summed E-state index contributed by atoms with van der Waals surface area (Å²) in [6.07, 6.45) is 2.51. The molecule has 1 unspecified atom stereocenters. The van der Waals surface area contributed by atoms with Gasteiger partial charge in [0.1, 0.15) is 0 Å². The van der Waals surface area contributed by atoms with Crippen LogP contribution in [0.1, 0.15) is 19.3 Å². The molecule has 0 spiro atoms. The van der Waals surface area contributed by atoms with Crippen LogP contribution in [0.2, 0.25) is 0 Å². The van der Waals surface area contributed by atoms with Crippen molar-refractivity contribution in [2.24, 2.45) is 0 Å². The first kappa shape index (κ1) is 18.7. The van der Waals surface area contributed by atoms with Crippen LogP contribution in [0.4, 0.5) is 5.69 Å². The Kier molecular flexibility index (Phi) is 5.54. The van der Waals surface area contributed by atoms with E-state index in [0.717, 1.165) is 25.5 Å². The average molecular weight is 382 g/mol. The molecule has 0 aliphatic carbocycles. The van der Waals surface area contributed by atoms with Crippen molar-refractivity contribution in [3.05, 3.63) is 34.4 Å². The maximum atomic E-state index is 12.7. The number of nitro groups is 1. The van der Waals surface area contributed by atoms with E-state index in [4.69, 9.17) is 0 Å². The molecule has 9 nitrogen and oxygen atoms in total. The van der Waals surface area contributed by atoms with Crippen LogP contribution in [0.15, 0.2) is 29.2 Å². The summed E-state index contributed by atoms with van der Waals surface area (Å²) in [7, 11) is -3.81. The van der Waals surface area contributed by atoms with Gasteiger partial charge in [0, 0.05) is 50.8 Å². The van der Waals surface area contributed by atoms with Crippen molar-refractivity contribution in [3.8, 4) is 0 Å². The first-order valence-corrected chi connectivity index (χ1v) is 10.1. The van der Waals surface area contributed by atoms with Crippen molar-refractivity contribution in [1.82, 2.24) is 14.5 Å². The second kappa shape index (κ2) is 7.68. The van der Waals surface area contributed by atoms with Gasteiger partial charge in [-0.3, -0.25) is 14.9 Å². The third-order valence-corrected chi connectivity index (χ3v) is 6.74. The maximum Gasteiger partial charge on any atom is 0.270 e. The van der Waals surface area contributed by atoms with Gasteiger partial charge in [-0.15, -0.1) is 0 Å². The van der Waals surface area contributed by atoms with Crippen LogP contribution in [-0.4, -0.2) is 67.2 Å². The van der Waals surface area contributed by atoms with E-state index < -0.39 is 14.9 Å². The largest absolute Gasteiger partial charge is 0.340 e. The molecule has 3 rings (SSSR count). The number of amides is 1. The molecule has 1 N–H and O–H groups in total. The minimum absolute atomic E-state index is 0.0387. The number of non-ortho nitro benzene ring substituents is 1. The molecule has 1 amide bonds. The van der Waals surface area contributed by atoms with Crippen LogP contribution >= 0.6 is 0 Å². The maximum absolute atomic E-state index is 12.7. The molecule has 2 saturated heterocycles. The summed E-state index contributed by atoms with van der Waals surface area (Å²) >= 11 is 0. The first-order valence-electron chi connectivity index (χ1n) is 8.64. The number of hydrogen-bond acceptors (Lipinski definition) is 6. The van der Waals surface area contributed by atoms with E-state index in [1.54, 1.807) is 4.90 Å². The van der Waals surface area contributed by atoms with Gasteiger partial charge in [-0.2, -0.15) is 4.31 Å². The fourth-order valence-electron chi connectivity index (χ4n) is 3.36. The van der Waals surface area contributed by atoms with Gasteiger partial charge in [0.05, 0.1) is 9.82 Å². The molecular formula is C16H22N4O5S. The second-order valence-electron chi connectivity index (χ2n) is 6.54. The lowest BCUT2D eigenvalue weighted by Crippen LogP contribution is -2.51. The van der Waals surface area contributed by atoms with Crippen molar-refractivity contribution in [2.75, 3.05) is 32.7 Å². The normalized spacial score (nSPS) is 21.7. The van der Waals surface area contributed by atoms with Gasteiger partial charge in [0.15, 0.2) is 0 Å². The lowest BCUT2D eigenvalue weighted by atomic mass is 10.1. The van der Waals surface area contributed by atoms with Crippen molar-refractivity contribution in [1.29, 1.82) is 0 Å². The van der Waals surface area contributed by atoms with Crippen LogP contribution in [-0.2, 0) is 14.8 Å². The molecular weight excluding hydrogens is 360 g/mol. The number of piperazine rings is 1. The Balaban J connectivity index is 1.62. The molecule has 0 saturated carbocycles. The Hall–Kier alpha value is -2.04. The minimum atomic E-state index is -3.81. The second-order valence-corrected chi connectivity index (χ2v) is 8.47. The van der Waals surface area contributed by atoms with Crippen LogP contribution in [0.25, 0.3) is 0 Å². The van der Waals surface area contributed by atoms with Gasteiger partial charge in [-0.25, -0.2) is 8.42 Å². The zero-order valence-corrected chi connectivity index (χ0v) is 15.2. The number of carbonyl (C=O) groups excluding carboxylic acids is 1. The predicted octanol–water partition coefficient (Wildman–Crippen LogP) is 0.570. The summed E-state index contributed by atoms with van der Waals surface area (Å²) < 4.78 is 26.7. The number of rotatable bonds is 5. The van der Waals surface area contributed by atoms with Crippen molar-refractivity contribution < 1.29 is 18.1 Å². The number of sulfonamides is 1. The molecule has 2 fully saturated rings. The van der Waals surface area contributed by atoms with Gasteiger partial charge >= 0.3 is 0 Å². The van der Waals surface area contributed by atoms with Crippen LogP contribution in [0.5, 0.6) is 0 Å². The predicted molar refractivity (Wildman–Crippen MR) is 94.1 cm³/mol. The van der Waals surface area contributed by atoms with Gasteiger partial charge in [-0.05, 0) is 25.5 Å². The van der Waals surface area contributed by atoms with E-state index in [1.165, 1.54) is 22.5 Å². The molecule has 0 aromatic heterocycles. The van der Waals surface area contributed by atoms with Gasteiger partial charge < -0.3 is 10.2 Å². The molecule has 26 heavy (non-hydrogen) atoms. The lowest BCUT2D eigenvalue weighted by Gasteiger charge is -2.34. The smallest absolute Gasteiger partial charge is 0.270 e. The van der Waals surface area contributed by atoms with E-state index in [-0.39, 0.29) is 35.6 Å². The van der Waals surface area contributed by atoms with E-state index in [0.29, 0.717) is 19.5 Å². The third kappa shape index (κ3) is 4.02. The molecule has 1 aromatic rings. The summed E-state index contributed by atoms with van der Waals surface area (Å²) in [5.41, 5.74) is -0.260. The standard InChI is InChI=1S/C16H22N4O5S/c21-16(11-13-3-2-6-17-13)18-7-9-19(10-8-18)26(24,25)15-5-1-4-14(12-15)20(22)23/h1,4-5,12-13,17H,2-3,6-11H2. The molecule has 142 valence electrons. The molecule has 2 aliphatic heterocycles. The summed E-state index contributed by atoms with van der Waals surface area (Å²) in [5.74, 6) is 0.0387. The number of benzene rings is 1. The fraction of sp³-hybridized carbons (Fsp3) is 0.562. The fourth-order valence-corrected chi connectivity index (χ4v) is 4.82. The summed E-state index contributed by atoms with van der Waals surface area (Å²) in [6.45, 7) is 1.98. The average Bonchev–Trinajstić information content (AvgIpc) is 3.15. The zero-order chi connectivity index (χ0) is 18.7. The third-order valence-electron chi connectivity index (χ3n) is 4.84. The molecule has 2 aliphatic rings. The highest BCUT2D eigenvalue weighted by Crippen LogP contribution is 2.22. The highest BCUT2D eigenvalue weighted by atomic mass is 32.2. The monoisotopic (exact) mass is 382 g/mol. The Labute approximate surface area is 152 Å². The lowest BCUT2D eigenvalue weighted by molar-refractivity contribution is -0.385. The molecule has 2 heterocycles. The number of nitrogens with zero attached hydrogens (tertiary/aromatic N) is 3. The van der Waals surface area contributed by atoms with E-state index in [2.05, 4.69) is 5.32 Å². The number of hydrogen-bond donors (Lipinski definition) is 1. The highest BCUT2D eigenvalue weighted by Gasteiger charge is 2.31. The molecule has 0 radical (unpaired) electrons. The number of carbonyl (C=O) groups is 1. The first-order chi connectivity index (χ1) is 12.4. The van der Waals surface area contributed by atoms with Crippen LogP contribution < -0.4 is 5.32 Å². The summed E-state index contributed by atoms with van der Waals surface area (Å²) in [6, 6.07) is 5.25. The van der Waals surface area contributed by atoms with Crippen LogP contribution in [0, 0.1) is 10.1 Å². The zero-order valence-electron chi connectivity index (χ0n) is 14.3. The Morgan fingerprint density at radius 3 is 2.62 bits per heavy atom. The Morgan fingerprint density at radius 1 is 1.27 bits per heavy atom. The summed E-state index contributed by atoms with van der Waals surface area (Å²) in [5, 5.41) is 14.2. The molecule has 1 atom stereocenters. The quantitative estimate of drug-likeness (QED) is 0.588. The van der Waals surface area contributed by atoms with Crippen molar-refractivity contribution >= 4 is 21.6 Å². The SMILES string of the molecule is O=C(CC1CCCN1)N1CCN(S(=O)(=O)c2cccc([N+](=O)[O-])c2)CC1. The Bertz CT molecular complexity index is 784. The molecule has 0 bridgehead atoms. The molecule has 10 heteroatoms. The van der Waals surface area contributed by atoms with Crippen LogP contribution in [0.3, 0.4) is 0 Å². The van der Waals surface area contributed by atoms with E-state index in [1.807, 2.05) is 0 Å². The molecule has 1 aromatic carbocycles. The van der Waals surface area contributed by atoms with Gasteiger partial charge in [0.2, 0.25) is 15.9 Å². The van der Waals surface area contributed by atoms with E-state index >= 15 is 0 Å². The van der Waals surface area contributed by atoms with Gasteiger partial charge in [-0.1, -0.05) is 6.07 Å². The minimum Gasteiger partial charge on any atom is -0.340 e. The summed E-state index contributed by atoms with van der Waals surface area (Å²) in [4.78, 5) is 24.2. The van der Waals surface area contributed by atoms with Crippen molar-refractivity contribution in [3.63, 3.8) is 0 Å². The topological polar surface area (TPSA) is 113 Å². The van der Waals surface area contributed by atoms with E-state index in [9.17, 15) is 23.3 Å². The van der Waals surface area contributed by atoms with Crippen molar-refractivity contribution in [2.45, 2.75) is 30.2 Å². The van der Waals surface area contributed by atoms with Gasteiger partial charge in [0.25, 0.3) is 5.69 Å². The number of nitro benzene ring substituents is 1. The highest BCUT2D eigenvalue weighted by molar-refractivity contribution is 7.89.